The highest BCUT2D eigenvalue weighted by atomic mass is 16.5. The number of carbonyl (C=O) groups excluding carboxylic acids is 2. The Bertz CT molecular complexity index is 1470. The fourth-order valence-corrected chi connectivity index (χ4v) is 3.61. The summed E-state index contributed by atoms with van der Waals surface area (Å²) in [7, 11) is 2.98. The lowest BCUT2D eigenvalue weighted by Gasteiger charge is -2.10. The van der Waals surface area contributed by atoms with Crippen LogP contribution in [0.1, 0.15) is 31.8 Å². The van der Waals surface area contributed by atoms with E-state index in [2.05, 4.69) is 0 Å². The SMILES string of the molecule is COc1ccc(C(=O)COC(=O)c2ccc(COc3ccc4c(C)cc(=O)oc4c3)cc2)cc1OC. The van der Waals surface area contributed by atoms with Crippen molar-refractivity contribution in [2.75, 3.05) is 20.8 Å². The number of hydrogen-bond acceptors (Lipinski definition) is 8. The van der Waals surface area contributed by atoms with Crippen molar-refractivity contribution in [2.24, 2.45) is 0 Å². The summed E-state index contributed by atoms with van der Waals surface area (Å²) in [5, 5.41) is 0.842. The highest BCUT2D eigenvalue weighted by Gasteiger charge is 2.14. The van der Waals surface area contributed by atoms with Gasteiger partial charge in [-0.3, -0.25) is 4.79 Å². The summed E-state index contributed by atoms with van der Waals surface area (Å²) in [5.41, 5.74) is 2.35. The molecule has 0 saturated heterocycles. The molecule has 0 fully saturated rings. The number of ether oxygens (including phenoxy) is 4. The number of benzene rings is 3. The molecule has 0 amide bonds. The summed E-state index contributed by atoms with van der Waals surface area (Å²) in [6.07, 6.45) is 0. The topological polar surface area (TPSA) is 101 Å². The van der Waals surface area contributed by atoms with Gasteiger partial charge in [0.25, 0.3) is 0 Å². The van der Waals surface area contributed by atoms with E-state index in [9.17, 15) is 14.4 Å². The van der Waals surface area contributed by atoms with Crippen LogP contribution in [-0.2, 0) is 11.3 Å². The Morgan fingerprint density at radius 1 is 0.833 bits per heavy atom. The van der Waals surface area contributed by atoms with Crippen LogP contribution in [0.15, 0.2) is 75.9 Å². The third-order valence-corrected chi connectivity index (χ3v) is 5.56. The maximum Gasteiger partial charge on any atom is 0.338 e. The van der Waals surface area contributed by atoms with E-state index in [0.29, 0.717) is 34.0 Å². The molecule has 8 nitrogen and oxygen atoms in total. The Morgan fingerprint density at radius 3 is 2.28 bits per heavy atom. The smallest absolute Gasteiger partial charge is 0.338 e. The van der Waals surface area contributed by atoms with Gasteiger partial charge in [-0.15, -0.1) is 0 Å². The molecule has 0 unspecified atom stereocenters. The van der Waals surface area contributed by atoms with Gasteiger partial charge in [-0.25, -0.2) is 9.59 Å². The molecule has 184 valence electrons. The van der Waals surface area contributed by atoms with E-state index in [1.54, 1.807) is 48.5 Å². The molecule has 0 bridgehead atoms. The lowest BCUT2D eigenvalue weighted by Crippen LogP contribution is -2.14. The van der Waals surface area contributed by atoms with Crippen LogP contribution in [0.5, 0.6) is 17.2 Å². The van der Waals surface area contributed by atoms with E-state index >= 15 is 0 Å². The lowest BCUT2D eigenvalue weighted by molar-refractivity contribution is 0.0474. The van der Waals surface area contributed by atoms with Crippen molar-refractivity contribution in [1.29, 1.82) is 0 Å². The summed E-state index contributed by atoms with van der Waals surface area (Å²) < 4.78 is 26.6. The van der Waals surface area contributed by atoms with E-state index < -0.39 is 18.2 Å². The fourth-order valence-electron chi connectivity index (χ4n) is 3.61. The Morgan fingerprint density at radius 2 is 1.56 bits per heavy atom. The molecular weight excluding hydrogens is 464 g/mol. The molecule has 0 aliphatic heterocycles. The summed E-state index contributed by atoms with van der Waals surface area (Å²) in [4.78, 5) is 36.4. The van der Waals surface area contributed by atoms with Crippen LogP contribution in [0.4, 0.5) is 0 Å². The first kappa shape index (κ1) is 24.5. The number of methoxy groups -OCH3 is 2. The van der Waals surface area contributed by atoms with Gasteiger partial charge in [0.1, 0.15) is 17.9 Å². The predicted octanol–water partition coefficient (Wildman–Crippen LogP) is 4.74. The van der Waals surface area contributed by atoms with Gasteiger partial charge < -0.3 is 23.4 Å². The fraction of sp³-hybridized carbons (Fsp3) is 0.179. The van der Waals surface area contributed by atoms with Gasteiger partial charge in [-0.2, -0.15) is 0 Å². The van der Waals surface area contributed by atoms with Crippen LogP contribution in [-0.4, -0.2) is 32.6 Å². The second-order valence-corrected chi connectivity index (χ2v) is 7.96. The largest absolute Gasteiger partial charge is 0.493 e. The minimum Gasteiger partial charge on any atom is -0.493 e. The van der Waals surface area contributed by atoms with Crippen molar-refractivity contribution in [1.82, 2.24) is 0 Å². The molecule has 0 N–H and O–H groups in total. The standard InChI is InChI=1S/C28H24O8/c1-17-12-27(30)36-25-14-21(9-10-22(17)25)34-15-18-4-6-19(7-5-18)28(31)35-16-23(29)20-8-11-24(32-2)26(13-20)33-3/h4-14H,15-16H2,1-3H3. The molecule has 0 saturated carbocycles. The van der Waals surface area contributed by atoms with Crippen LogP contribution in [0.3, 0.4) is 0 Å². The van der Waals surface area contributed by atoms with Gasteiger partial charge >= 0.3 is 11.6 Å². The highest BCUT2D eigenvalue weighted by Crippen LogP contribution is 2.28. The zero-order valence-corrected chi connectivity index (χ0v) is 20.0. The summed E-state index contributed by atoms with van der Waals surface area (Å²) in [5.74, 6) is 0.480. The summed E-state index contributed by atoms with van der Waals surface area (Å²) >= 11 is 0. The van der Waals surface area contributed by atoms with Crippen molar-refractivity contribution < 1.29 is 33.0 Å². The summed E-state index contributed by atoms with van der Waals surface area (Å²) in [6, 6.07) is 18.2. The number of esters is 1. The van der Waals surface area contributed by atoms with Crippen molar-refractivity contribution in [3.8, 4) is 17.2 Å². The Hall–Kier alpha value is -4.59. The number of carbonyl (C=O) groups is 2. The van der Waals surface area contributed by atoms with Crippen LogP contribution >= 0.6 is 0 Å². The molecule has 1 aromatic heterocycles. The first-order valence-corrected chi connectivity index (χ1v) is 11.1. The van der Waals surface area contributed by atoms with Crippen molar-refractivity contribution in [3.05, 3.63) is 99.4 Å². The maximum absolute atomic E-state index is 12.4. The second kappa shape index (κ2) is 10.8. The zero-order valence-electron chi connectivity index (χ0n) is 20.0. The molecule has 1 heterocycles. The maximum atomic E-state index is 12.4. The Balaban J connectivity index is 1.33. The highest BCUT2D eigenvalue weighted by molar-refractivity contribution is 5.99. The average Bonchev–Trinajstić information content (AvgIpc) is 2.89. The molecule has 0 atom stereocenters. The van der Waals surface area contributed by atoms with E-state index in [1.165, 1.54) is 26.4 Å². The van der Waals surface area contributed by atoms with E-state index in [0.717, 1.165) is 16.5 Å². The number of hydrogen-bond donors (Lipinski definition) is 0. The first-order valence-electron chi connectivity index (χ1n) is 11.1. The van der Waals surface area contributed by atoms with Gasteiger partial charge in [0.15, 0.2) is 23.9 Å². The molecule has 4 aromatic rings. The molecule has 3 aromatic carbocycles. The molecule has 0 aliphatic rings. The molecule has 36 heavy (non-hydrogen) atoms. The Kier molecular flexibility index (Phi) is 7.34. The molecule has 0 radical (unpaired) electrons. The quantitative estimate of drug-likeness (QED) is 0.189. The zero-order chi connectivity index (χ0) is 25.7. The number of Topliss-reactive ketones (excluding diaryl/α,β-unsaturated/α-hetero) is 1. The van der Waals surface area contributed by atoms with Gasteiger partial charge in [0.2, 0.25) is 0 Å². The molecule has 8 heteroatoms. The third-order valence-electron chi connectivity index (χ3n) is 5.56. The van der Waals surface area contributed by atoms with Crippen molar-refractivity contribution in [2.45, 2.75) is 13.5 Å². The van der Waals surface area contributed by atoms with Gasteiger partial charge in [-0.05, 0) is 60.5 Å². The van der Waals surface area contributed by atoms with E-state index in [1.807, 2.05) is 13.0 Å². The molecule has 4 rings (SSSR count). The Labute approximate surface area is 207 Å². The average molecular weight is 488 g/mol. The molecular formula is C28H24O8. The van der Waals surface area contributed by atoms with Crippen LogP contribution in [0, 0.1) is 6.92 Å². The van der Waals surface area contributed by atoms with Gasteiger partial charge in [0.05, 0.1) is 19.8 Å². The monoisotopic (exact) mass is 488 g/mol. The number of fused-ring (bicyclic) bond motifs is 1. The van der Waals surface area contributed by atoms with Crippen molar-refractivity contribution in [3.63, 3.8) is 0 Å². The van der Waals surface area contributed by atoms with Crippen LogP contribution in [0.25, 0.3) is 11.0 Å². The minimum absolute atomic E-state index is 0.245. The predicted molar refractivity (Wildman–Crippen MR) is 132 cm³/mol. The lowest BCUT2D eigenvalue weighted by atomic mass is 10.1. The first-order chi connectivity index (χ1) is 17.4. The summed E-state index contributed by atoms with van der Waals surface area (Å²) in [6.45, 7) is 1.68. The van der Waals surface area contributed by atoms with Gasteiger partial charge in [-0.1, -0.05) is 12.1 Å². The van der Waals surface area contributed by atoms with Crippen molar-refractivity contribution >= 4 is 22.7 Å². The van der Waals surface area contributed by atoms with Crippen LogP contribution in [0.2, 0.25) is 0 Å². The molecule has 0 aliphatic carbocycles. The minimum atomic E-state index is -0.615. The third kappa shape index (κ3) is 5.55. The number of ketones is 1. The van der Waals surface area contributed by atoms with E-state index in [4.69, 9.17) is 23.4 Å². The second-order valence-electron chi connectivity index (χ2n) is 7.96. The molecule has 0 spiro atoms. The normalized spacial score (nSPS) is 10.6. The number of rotatable bonds is 9. The van der Waals surface area contributed by atoms with Gasteiger partial charge in [0, 0.05) is 23.1 Å². The van der Waals surface area contributed by atoms with Crippen LogP contribution < -0.4 is 19.8 Å². The van der Waals surface area contributed by atoms with E-state index in [-0.39, 0.29) is 12.4 Å². The number of aryl methyl sites for hydroxylation is 1.